The molecule has 172 valence electrons. The first-order valence-electron chi connectivity index (χ1n) is 10.4. The molecule has 7 nitrogen and oxygen atoms in total. The summed E-state index contributed by atoms with van der Waals surface area (Å²) < 4.78 is 7.57. The highest BCUT2D eigenvalue weighted by Gasteiger charge is 2.32. The Hall–Kier alpha value is -1.90. The van der Waals surface area contributed by atoms with Gasteiger partial charge in [-0.15, -0.1) is 29.9 Å². The van der Waals surface area contributed by atoms with E-state index in [0.717, 1.165) is 54.9 Å². The van der Waals surface area contributed by atoms with Gasteiger partial charge in [0.25, 0.3) is 0 Å². The van der Waals surface area contributed by atoms with E-state index in [1.54, 1.807) is 6.20 Å². The van der Waals surface area contributed by atoms with Crippen molar-refractivity contribution >= 4 is 58.9 Å². The van der Waals surface area contributed by atoms with E-state index in [1.165, 1.54) is 0 Å². The number of Topliss-reactive ketones (excluding diaryl/α,β-unsaturated/α-hetero) is 1. The van der Waals surface area contributed by atoms with E-state index in [9.17, 15) is 4.79 Å². The molecule has 2 aliphatic heterocycles. The van der Waals surface area contributed by atoms with Crippen LogP contribution in [0.25, 0.3) is 16.6 Å². The van der Waals surface area contributed by atoms with Crippen LogP contribution in [0.2, 0.25) is 5.02 Å². The predicted molar refractivity (Wildman–Crippen MR) is 131 cm³/mol. The van der Waals surface area contributed by atoms with E-state index in [0.29, 0.717) is 18.2 Å². The molecule has 5 rings (SSSR count). The number of pyridine rings is 1. The summed E-state index contributed by atoms with van der Waals surface area (Å²) in [6.07, 6.45) is 4.97. The van der Waals surface area contributed by atoms with Crippen LogP contribution in [0.5, 0.6) is 0 Å². The quantitative estimate of drug-likeness (QED) is 0.591. The molecular formula is C22H26Cl3N5O2. The first-order valence-corrected chi connectivity index (χ1v) is 10.8. The fourth-order valence-corrected chi connectivity index (χ4v) is 4.47. The SMILES string of the molecule is Cl.Cl.O=C(C1CCN(c2nn(-c3ccc(Cl)cc3)c3cnccc23)CC1)C1CNCCO1. The van der Waals surface area contributed by atoms with Crippen molar-refractivity contribution in [1.82, 2.24) is 20.1 Å². The second-order valence-corrected chi connectivity index (χ2v) is 8.27. The van der Waals surface area contributed by atoms with E-state index in [-0.39, 0.29) is 42.6 Å². The van der Waals surface area contributed by atoms with Crippen LogP contribution in [0.3, 0.4) is 0 Å². The van der Waals surface area contributed by atoms with Gasteiger partial charge < -0.3 is 15.0 Å². The molecule has 10 heteroatoms. The third-order valence-electron chi connectivity index (χ3n) is 5.98. The Morgan fingerprint density at radius 2 is 1.88 bits per heavy atom. The number of piperidine rings is 1. The lowest BCUT2D eigenvalue weighted by atomic mass is 9.89. The molecule has 2 fully saturated rings. The van der Waals surface area contributed by atoms with Crippen LogP contribution in [0.4, 0.5) is 5.82 Å². The van der Waals surface area contributed by atoms with Crippen molar-refractivity contribution in [2.24, 2.45) is 5.92 Å². The molecular weight excluding hydrogens is 473 g/mol. The molecule has 0 amide bonds. The molecule has 2 aromatic heterocycles. The first kappa shape index (κ1) is 24.7. The minimum atomic E-state index is -0.300. The number of benzene rings is 1. The zero-order chi connectivity index (χ0) is 20.5. The smallest absolute Gasteiger partial charge is 0.166 e. The van der Waals surface area contributed by atoms with Gasteiger partial charge in [-0.1, -0.05) is 11.6 Å². The Morgan fingerprint density at radius 1 is 1.12 bits per heavy atom. The topological polar surface area (TPSA) is 72.3 Å². The number of fused-ring (bicyclic) bond motifs is 1. The second-order valence-electron chi connectivity index (χ2n) is 7.83. The van der Waals surface area contributed by atoms with Gasteiger partial charge in [0.2, 0.25) is 0 Å². The molecule has 1 aromatic carbocycles. The number of aromatic nitrogens is 3. The summed E-state index contributed by atoms with van der Waals surface area (Å²) in [6.45, 7) is 3.65. The van der Waals surface area contributed by atoms with Crippen molar-refractivity contribution in [1.29, 1.82) is 0 Å². The third kappa shape index (κ3) is 4.87. The second kappa shape index (κ2) is 10.8. The number of carbonyl (C=O) groups is 1. The number of anilines is 1. The summed E-state index contributed by atoms with van der Waals surface area (Å²) >= 11 is 6.05. The highest BCUT2D eigenvalue weighted by atomic mass is 35.5. The normalized spacial score (nSPS) is 19.3. The van der Waals surface area contributed by atoms with Gasteiger partial charge in [0.05, 0.1) is 24.0 Å². The van der Waals surface area contributed by atoms with Crippen LogP contribution in [0.15, 0.2) is 42.7 Å². The lowest BCUT2D eigenvalue weighted by Gasteiger charge is -2.34. The molecule has 0 bridgehead atoms. The van der Waals surface area contributed by atoms with Crippen LogP contribution in [-0.4, -0.2) is 59.4 Å². The van der Waals surface area contributed by atoms with Crippen LogP contribution in [0.1, 0.15) is 12.8 Å². The molecule has 0 aliphatic carbocycles. The molecule has 1 unspecified atom stereocenters. The monoisotopic (exact) mass is 497 g/mol. The maximum atomic E-state index is 12.8. The molecule has 0 spiro atoms. The predicted octanol–water partition coefficient (Wildman–Crippen LogP) is 3.69. The summed E-state index contributed by atoms with van der Waals surface area (Å²) in [4.78, 5) is 19.4. The van der Waals surface area contributed by atoms with E-state index in [1.807, 2.05) is 41.2 Å². The summed E-state index contributed by atoms with van der Waals surface area (Å²) in [7, 11) is 0. The average molecular weight is 499 g/mol. The van der Waals surface area contributed by atoms with Crippen LogP contribution >= 0.6 is 36.4 Å². The lowest BCUT2D eigenvalue weighted by Crippen LogP contribution is -2.47. The van der Waals surface area contributed by atoms with Gasteiger partial charge in [0.15, 0.2) is 11.6 Å². The van der Waals surface area contributed by atoms with E-state index in [2.05, 4.69) is 15.2 Å². The summed E-state index contributed by atoms with van der Waals surface area (Å²) in [5.74, 6) is 1.23. The number of carbonyl (C=O) groups excluding carboxylic acids is 1. The van der Waals surface area contributed by atoms with Gasteiger partial charge in [0, 0.05) is 48.7 Å². The molecule has 2 saturated heterocycles. The van der Waals surface area contributed by atoms with Crippen LogP contribution in [-0.2, 0) is 9.53 Å². The molecule has 1 N–H and O–H groups in total. The number of hydrogen-bond acceptors (Lipinski definition) is 6. The van der Waals surface area contributed by atoms with Crippen molar-refractivity contribution in [3.05, 3.63) is 47.7 Å². The van der Waals surface area contributed by atoms with Gasteiger partial charge in [0.1, 0.15) is 6.10 Å². The molecule has 2 aliphatic rings. The number of halogens is 3. The van der Waals surface area contributed by atoms with E-state index >= 15 is 0 Å². The molecule has 3 aromatic rings. The highest BCUT2D eigenvalue weighted by Crippen LogP contribution is 2.31. The Balaban J connectivity index is 0.00000144. The molecule has 0 saturated carbocycles. The number of nitrogens with zero attached hydrogens (tertiary/aromatic N) is 4. The van der Waals surface area contributed by atoms with Gasteiger partial charge in [-0.2, -0.15) is 0 Å². The molecule has 4 heterocycles. The van der Waals surface area contributed by atoms with E-state index in [4.69, 9.17) is 21.4 Å². The van der Waals surface area contributed by atoms with Gasteiger partial charge in [-0.25, -0.2) is 4.68 Å². The first-order chi connectivity index (χ1) is 14.7. The molecule has 0 radical (unpaired) electrons. The van der Waals surface area contributed by atoms with Gasteiger partial charge >= 0.3 is 0 Å². The number of morpholine rings is 1. The number of ketones is 1. The van der Waals surface area contributed by atoms with Crippen molar-refractivity contribution in [3.63, 3.8) is 0 Å². The highest BCUT2D eigenvalue weighted by molar-refractivity contribution is 6.30. The van der Waals surface area contributed by atoms with Gasteiger partial charge in [-0.3, -0.25) is 9.78 Å². The third-order valence-corrected chi connectivity index (χ3v) is 6.23. The Bertz CT molecular complexity index is 1050. The van der Waals surface area contributed by atoms with Crippen molar-refractivity contribution < 1.29 is 9.53 Å². The molecule has 1 atom stereocenters. The number of ether oxygens (including phenoxy) is 1. The zero-order valence-corrected chi connectivity index (χ0v) is 19.8. The van der Waals surface area contributed by atoms with Crippen molar-refractivity contribution in [3.8, 4) is 5.69 Å². The molecule has 32 heavy (non-hydrogen) atoms. The van der Waals surface area contributed by atoms with E-state index < -0.39 is 0 Å². The summed E-state index contributed by atoms with van der Waals surface area (Å²) in [5.41, 5.74) is 1.89. The van der Waals surface area contributed by atoms with Crippen molar-refractivity contribution in [2.45, 2.75) is 18.9 Å². The van der Waals surface area contributed by atoms with Gasteiger partial charge in [-0.05, 0) is 43.2 Å². The number of rotatable bonds is 4. The zero-order valence-electron chi connectivity index (χ0n) is 17.4. The number of nitrogens with one attached hydrogen (secondary N) is 1. The minimum absolute atomic E-state index is 0. The number of hydrogen-bond donors (Lipinski definition) is 1. The fraction of sp³-hybridized carbons (Fsp3) is 0.409. The average Bonchev–Trinajstić information content (AvgIpc) is 3.20. The Kier molecular flexibility index (Phi) is 8.36. The summed E-state index contributed by atoms with van der Waals surface area (Å²) in [5, 5.41) is 9.91. The lowest BCUT2D eigenvalue weighted by molar-refractivity contribution is -0.136. The summed E-state index contributed by atoms with van der Waals surface area (Å²) in [6, 6.07) is 9.63. The van der Waals surface area contributed by atoms with Crippen molar-refractivity contribution in [2.75, 3.05) is 37.7 Å². The largest absolute Gasteiger partial charge is 0.368 e. The standard InChI is InChI=1S/C22H24ClN5O2.2ClH/c23-16-1-3-17(4-2-16)28-19-13-24-8-5-18(19)22(26-28)27-10-6-15(7-11-27)21(29)20-14-25-9-12-30-20;;/h1-5,8,13,15,20,25H,6-7,9-12,14H2;2*1H. The minimum Gasteiger partial charge on any atom is -0.368 e. The Morgan fingerprint density at radius 3 is 2.56 bits per heavy atom. The maximum Gasteiger partial charge on any atom is 0.166 e. The maximum absolute atomic E-state index is 12.8. The van der Waals surface area contributed by atoms with Crippen LogP contribution < -0.4 is 10.2 Å². The Labute approximate surface area is 204 Å². The fourth-order valence-electron chi connectivity index (χ4n) is 4.35. The van der Waals surface area contributed by atoms with Crippen LogP contribution in [0, 0.1) is 5.92 Å².